The van der Waals surface area contributed by atoms with Crippen molar-refractivity contribution in [2.24, 2.45) is 0 Å². The fourth-order valence-corrected chi connectivity index (χ4v) is 4.10. The van der Waals surface area contributed by atoms with Gasteiger partial charge in [-0.15, -0.1) is 0 Å². The van der Waals surface area contributed by atoms with Crippen LogP contribution in [0.1, 0.15) is 21.5 Å². The molecule has 1 fully saturated rings. The lowest BCUT2D eigenvalue weighted by Crippen LogP contribution is -2.54. The first kappa shape index (κ1) is 27.3. The lowest BCUT2D eigenvalue weighted by atomic mass is 10.1. The zero-order valence-corrected chi connectivity index (χ0v) is 22.4. The van der Waals surface area contributed by atoms with Gasteiger partial charge in [-0.25, -0.2) is 14.5 Å². The lowest BCUT2D eigenvalue weighted by molar-refractivity contribution is -0.122. The minimum atomic E-state index is -0.938. The van der Waals surface area contributed by atoms with Crippen molar-refractivity contribution >= 4 is 63.1 Å². The first-order valence-corrected chi connectivity index (χ1v) is 12.3. The van der Waals surface area contributed by atoms with Crippen molar-refractivity contribution in [3.8, 4) is 5.75 Å². The fourth-order valence-electron chi connectivity index (χ4n) is 3.72. The van der Waals surface area contributed by atoms with Crippen LogP contribution in [0.5, 0.6) is 5.75 Å². The molecule has 1 heterocycles. The number of urea groups is 1. The fraction of sp³-hybridized carbons (Fsp3) is 0.107. The van der Waals surface area contributed by atoms with Gasteiger partial charge in [0.1, 0.15) is 11.3 Å². The average molecular weight is 592 g/mol. The van der Waals surface area contributed by atoms with Crippen LogP contribution in [0, 0.1) is 6.92 Å². The molecule has 0 aliphatic carbocycles. The highest BCUT2D eigenvalue weighted by molar-refractivity contribution is 9.10. The van der Waals surface area contributed by atoms with Gasteiger partial charge >= 0.3 is 12.0 Å². The van der Waals surface area contributed by atoms with Crippen molar-refractivity contribution in [3.05, 3.63) is 93.5 Å². The number of ether oxygens (including phenoxy) is 2. The van der Waals surface area contributed by atoms with Gasteiger partial charge in [-0.2, -0.15) is 0 Å². The number of benzene rings is 3. The number of nitrogens with zero attached hydrogens (tertiary/aromatic N) is 1. The van der Waals surface area contributed by atoms with E-state index in [4.69, 9.17) is 4.74 Å². The molecule has 0 radical (unpaired) electrons. The summed E-state index contributed by atoms with van der Waals surface area (Å²) in [6, 6.07) is 16.8. The summed E-state index contributed by atoms with van der Waals surface area (Å²) in [7, 11) is 1.23. The Morgan fingerprint density at radius 3 is 2.44 bits per heavy atom. The Labute approximate surface area is 231 Å². The number of methoxy groups -OCH3 is 1. The summed E-state index contributed by atoms with van der Waals surface area (Å²) in [6.07, 6.45) is 1.28. The van der Waals surface area contributed by atoms with E-state index in [0.29, 0.717) is 15.7 Å². The molecule has 2 N–H and O–H groups in total. The van der Waals surface area contributed by atoms with Crippen LogP contribution < -0.4 is 20.3 Å². The molecule has 0 spiro atoms. The highest BCUT2D eigenvalue weighted by Gasteiger charge is 2.37. The van der Waals surface area contributed by atoms with E-state index in [1.165, 1.54) is 37.5 Å². The van der Waals surface area contributed by atoms with Crippen LogP contribution in [0.3, 0.4) is 0 Å². The molecule has 3 aromatic rings. The Morgan fingerprint density at radius 2 is 1.74 bits per heavy atom. The van der Waals surface area contributed by atoms with Crippen molar-refractivity contribution in [1.29, 1.82) is 0 Å². The van der Waals surface area contributed by atoms with E-state index in [1.54, 1.807) is 30.3 Å². The van der Waals surface area contributed by atoms with E-state index in [2.05, 4.69) is 31.3 Å². The maximum atomic E-state index is 13.3. The third kappa shape index (κ3) is 6.21. The minimum absolute atomic E-state index is 0.141. The molecule has 0 aromatic heterocycles. The van der Waals surface area contributed by atoms with E-state index >= 15 is 0 Å². The maximum Gasteiger partial charge on any atom is 0.337 e. The van der Waals surface area contributed by atoms with Crippen molar-refractivity contribution in [2.45, 2.75) is 6.92 Å². The molecule has 198 valence electrons. The molecule has 0 saturated carbocycles. The van der Waals surface area contributed by atoms with Crippen LogP contribution >= 0.6 is 15.9 Å². The number of hydrogen-bond acceptors (Lipinski definition) is 7. The molecule has 10 nitrogen and oxygen atoms in total. The molecule has 39 heavy (non-hydrogen) atoms. The summed E-state index contributed by atoms with van der Waals surface area (Å²) in [5, 5.41) is 4.91. The average Bonchev–Trinajstić information content (AvgIpc) is 2.91. The Balaban J connectivity index is 1.58. The molecule has 1 aliphatic heterocycles. The number of carbonyl (C=O) groups is 5. The first-order valence-electron chi connectivity index (χ1n) is 11.6. The standard InChI is InChI=1S/C28H22BrN3O7/c1-16-5-3-4-6-22(16)30-24(33)15-39-23-12-9-19(29)13-18(23)14-21-25(34)31-28(37)32(26(21)35)20-10-7-17(8-11-20)27(36)38-2/h3-14H,15H2,1-2H3,(H,30,33)(H,31,34,37)/b21-14-. The molecular formula is C28H22BrN3O7. The number of barbiturate groups is 1. The van der Waals surface area contributed by atoms with Gasteiger partial charge in [-0.05, 0) is 67.1 Å². The second-order valence-electron chi connectivity index (χ2n) is 8.33. The molecule has 0 atom stereocenters. The number of para-hydroxylation sites is 1. The van der Waals surface area contributed by atoms with Gasteiger partial charge in [0.15, 0.2) is 6.61 Å². The zero-order chi connectivity index (χ0) is 28.1. The van der Waals surface area contributed by atoms with Crippen LogP contribution in [0.2, 0.25) is 0 Å². The van der Waals surface area contributed by atoms with E-state index in [1.807, 2.05) is 19.1 Å². The molecule has 1 aliphatic rings. The number of anilines is 2. The molecule has 11 heteroatoms. The van der Waals surface area contributed by atoms with Gasteiger partial charge in [-0.1, -0.05) is 34.1 Å². The number of hydrogen-bond donors (Lipinski definition) is 2. The van der Waals surface area contributed by atoms with Crippen molar-refractivity contribution < 1.29 is 33.4 Å². The zero-order valence-electron chi connectivity index (χ0n) is 20.8. The summed E-state index contributed by atoms with van der Waals surface area (Å²) >= 11 is 3.35. The Bertz CT molecular complexity index is 1520. The van der Waals surface area contributed by atoms with E-state index in [-0.39, 0.29) is 29.2 Å². The summed E-state index contributed by atoms with van der Waals surface area (Å²) in [4.78, 5) is 63.5. The van der Waals surface area contributed by atoms with Gasteiger partial charge < -0.3 is 14.8 Å². The Morgan fingerprint density at radius 1 is 1.03 bits per heavy atom. The number of aryl methyl sites for hydroxylation is 1. The second-order valence-corrected chi connectivity index (χ2v) is 9.25. The highest BCUT2D eigenvalue weighted by atomic mass is 79.9. The van der Waals surface area contributed by atoms with Crippen molar-refractivity contribution in [3.63, 3.8) is 0 Å². The number of esters is 1. The predicted octanol–water partition coefficient (Wildman–Crippen LogP) is 4.23. The van der Waals surface area contributed by atoms with E-state index in [0.717, 1.165) is 10.5 Å². The largest absolute Gasteiger partial charge is 0.483 e. The first-order chi connectivity index (χ1) is 18.7. The smallest absolute Gasteiger partial charge is 0.337 e. The number of imide groups is 2. The number of carbonyl (C=O) groups excluding carboxylic acids is 5. The molecular weight excluding hydrogens is 570 g/mol. The second kappa shape index (κ2) is 11.7. The van der Waals surface area contributed by atoms with E-state index in [9.17, 15) is 24.0 Å². The topological polar surface area (TPSA) is 131 Å². The number of nitrogens with one attached hydrogen (secondary N) is 2. The Hall–Kier alpha value is -4.77. The Kier molecular flexibility index (Phi) is 8.21. The molecule has 3 aromatic carbocycles. The summed E-state index contributed by atoms with van der Waals surface area (Å²) in [6.45, 7) is 1.53. The van der Waals surface area contributed by atoms with Crippen LogP contribution in [-0.4, -0.2) is 43.4 Å². The molecule has 4 rings (SSSR count). The third-order valence-corrected chi connectivity index (χ3v) is 6.19. The number of halogens is 1. The molecule has 5 amide bonds. The molecule has 1 saturated heterocycles. The monoisotopic (exact) mass is 591 g/mol. The van der Waals surface area contributed by atoms with Crippen LogP contribution in [0.15, 0.2) is 76.8 Å². The van der Waals surface area contributed by atoms with Crippen LogP contribution in [0.25, 0.3) is 6.08 Å². The highest BCUT2D eigenvalue weighted by Crippen LogP contribution is 2.28. The quantitative estimate of drug-likeness (QED) is 0.239. The van der Waals surface area contributed by atoms with Crippen LogP contribution in [-0.2, 0) is 19.1 Å². The maximum absolute atomic E-state index is 13.3. The molecule has 0 bridgehead atoms. The summed E-state index contributed by atoms with van der Waals surface area (Å²) in [5.74, 6) is -2.52. The van der Waals surface area contributed by atoms with E-state index < -0.39 is 29.7 Å². The normalized spacial score (nSPS) is 14.2. The van der Waals surface area contributed by atoms with Crippen molar-refractivity contribution in [1.82, 2.24) is 5.32 Å². The van der Waals surface area contributed by atoms with Gasteiger partial charge in [0.05, 0.1) is 18.4 Å². The van der Waals surface area contributed by atoms with Gasteiger partial charge in [0.2, 0.25) is 0 Å². The van der Waals surface area contributed by atoms with Gasteiger partial charge in [-0.3, -0.25) is 19.7 Å². The lowest BCUT2D eigenvalue weighted by Gasteiger charge is -2.26. The summed E-state index contributed by atoms with van der Waals surface area (Å²) in [5.41, 5.74) is 1.89. The SMILES string of the molecule is COC(=O)c1ccc(N2C(=O)NC(=O)/C(=C/c3cc(Br)ccc3OCC(=O)Nc3ccccc3C)C2=O)cc1. The number of amides is 5. The van der Waals surface area contributed by atoms with Gasteiger partial charge in [0.25, 0.3) is 17.7 Å². The van der Waals surface area contributed by atoms with Crippen molar-refractivity contribution in [2.75, 3.05) is 23.9 Å². The number of rotatable bonds is 7. The minimum Gasteiger partial charge on any atom is -0.483 e. The van der Waals surface area contributed by atoms with Gasteiger partial charge in [0, 0.05) is 15.7 Å². The van der Waals surface area contributed by atoms with Crippen LogP contribution in [0.4, 0.5) is 16.2 Å². The summed E-state index contributed by atoms with van der Waals surface area (Å²) < 4.78 is 11.0. The third-order valence-electron chi connectivity index (χ3n) is 5.70. The molecule has 0 unspecified atom stereocenters. The predicted molar refractivity (Wildman–Crippen MR) is 146 cm³/mol.